The van der Waals surface area contributed by atoms with Crippen molar-refractivity contribution in [3.8, 4) is 0 Å². The SMILES string of the molecule is [C-]#[N+]c1cc(C)c(NC(=O)C2([N+](C)(C)CC)CC2)c(C(=O)OC)c1. The number of anilines is 1. The zero-order valence-electron chi connectivity index (χ0n) is 14.9. The number of hydrogen-bond donors (Lipinski definition) is 1. The maximum atomic E-state index is 12.9. The molecule has 0 atom stereocenters. The highest BCUT2D eigenvalue weighted by atomic mass is 16.5. The van der Waals surface area contributed by atoms with Crippen LogP contribution in [-0.2, 0) is 9.53 Å². The third-order valence-corrected chi connectivity index (χ3v) is 5.19. The van der Waals surface area contributed by atoms with Crippen molar-refractivity contribution in [2.24, 2.45) is 0 Å². The molecule has 0 heterocycles. The van der Waals surface area contributed by atoms with E-state index in [0.29, 0.717) is 21.4 Å². The van der Waals surface area contributed by atoms with Gasteiger partial charge in [0.1, 0.15) is 0 Å². The molecule has 1 amide bonds. The van der Waals surface area contributed by atoms with E-state index in [2.05, 4.69) is 17.1 Å². The van der Waals surface area contributed by atoms with E-state index in [0.717, 1.165) is 19.4 Å². The summed E-state index contributed by atoms with van der Waals surface area (Å²) in [5.74, 6) is -0.647. The third-order valence-electron chi connectivity index (χ3n) is 5.19. The molecule has 1 fully saturated rings. The first-order chi connectivity index (χ1) is 11.2. The standard InChI is InChI=1S/C18H23N3O3/c1-7-21(4,5)18(8-9-18)17(23)20-15-12(2)10-13(19-3)11-14(15)16(22)24-6/h10-11H,7-9H2,1-2,4-6H3/p+1. The highest BCUT2D eigenvalue weighted by Crippen LogP contribution is 2.46. The minimum Gasteiger partial charge on any atom is -0.465 e. The fraction of sp³-hybridized carbons (Fsp3) is 0.500. The molecule has 0 saturated heterocycles. The Balaban J connectivity index is 2.42. The lowest BCUT2D eigenvalue weighted by Crippen LogP contribution is -2.56. The highest BCUT2D eigenvalue weighted by molar-refractivity contribution is 6.06. The summed E-state index contributed by atoms with van der Waals surface area (Å²) in [5.41, 5.74) is 1.22. The first kappa shape index (κ1) is 18.0. The van der Waals surface area contributed by atoms with Crippen LogP contribution in [0.4, 0.5) is 11.4 Å². The van der Waals surface area contributed by atoms with Crippen LogP contribution in [0.2, 0.25) is 0 Å². The van der Waals surface area contributed by atoms with Crippen molar-refractivity contribution in [2.75, 3.05) is 33.1 Å². The molecular weight excluding hydrogens is 306 g/mol. The van der Waals surface area contributed by atoms with Gasteiger partial charge in [-0.1, -0.05) is 6.07 Å². The number of rotatable bonds is 5. The van der Waals surface area contributed by atoms with Crippen molar-refractivity contribution < 1.29 is 18.8 Å². The van der Waals surface area contributed by atoms with Crippen molar-refractivity contribution >= 4 is 23.3 Å². The monoisotopic (exact) mass is 330 g/mol. The minimum atomic E-state index is -0.562. The second-order valence-corrected chi connectivity index (χ2v) is 6.78. The largest absolute Gasteiger partial charge is 0.465 e. The minimum absolute atomic E-state index is 0.0850. The van der Waals surface area contributed by atoms with Gasteiger partial charge >= 0.3 is 5.97 Å². The first-order valence-electron chi connectivity index (χ1n) is 7.97. The summed E-state index contributed by atoms with van der Waals surface area (Å²) >= 11 is 0. The molecule has 1 N–H and O–H groups in total. The second-order valence-electron chi connectivity index (χ2n) is 6.78. The summed E-state index contributed by atoms with van der Waals surface area (Å²) in [6.45, 7) is 11.8. The number of carbonyl (C=O) groups is 2. The van der Waals surface area contributed by atoms with Crippen LogP contribution in [0.15, 0.2) is 12.1 Å². The zero-order chi connectivity index (χ0) is 18.1. The summed E-state index contributed by atoms with van der Waals surface area (Å²) < 4.78 is 5.41. The predicted molar refractivity (Wildman–Crippen MR) is 92.0 cm³/mol. The topological polar surface area (TPSA) is 59.8 Å². The summed E-state index contributed by atoms with van der Waals surface area (Å²) in [4.78, 5) is 28.4. The molecule has 0 aliphatic heterocycles. The number of ether oxygens (including phenoxy) is 1. The molecule has 2 rings (SSSR count). The second kappa shape index (κ2) is 6.25. The average molecular weight is 330 g/mol. The van der Waals surface area contributed by atoms with Gasteiger partial charge in [0.25, 0.3) is 5.91 Å². The Bertz CT molecular complexity index is 728. The summed E-state index contributed by atoms with van der Waals surface area (Å²) in [6, 6.07) is 3.12. The molecule has 1 saturated carbocycles. The Labute approximate surface area is 142 Å². The van der Waals surface area contributed by atoms with E-state index in [1.54, 1.807) is 13.0 Å². The quantitative estimate of drug-likeness (QED) is 0.513. The smallest absolute Gasteiger partial charge is 0.338 e. The maximum absolute atomic E-state index is 12.9. The van der Waals surface area contributed by atoms with Gasteiger partial charge in [-0.15, -0.1) is 0 Å². The first-order valence-corrected chi connectivity index (χ1v) is 7.97. The van der Waals surface area contributed by atoms with E-state index in [1.807, 2.05) is 14.1 Å². The number of nitrogens with one attached hydrogen (secondary N) is 1. The number of hydrogen-bond acceptors (Lipinski definition) is 3. The van der Waals surface area contributed by atoms with Crippen LogP contribution in [0.1, 0.15) is 35.7 Å². The van der Waals surface area contributed by atoms with Gasteiger partial charge in [0, 0.05) is 12.8 Å². The van der Waals surface area contributed by atoms with Crippen LogP contribution in [0.25, 0.3) is 4.85 Å². The predicted octanol–water partition coefficient (Wildman–Crippen LogP) is 2.90. The van der Waals surface area contributed by atoms with Gasteiger partial charge in [-0.3, -0.25) is 4.79 Å². The van der Waals surface area contributed by atoms with Crippen LogP contribution >= 0.6 is 0 Å². The van der Waals surface area contributed by atoms with E-state index in [-0.39, 0.29) is 11.5 Å². The van der Waals surface area contributed by atoms with E-state index < -0.39 is 11.5 Å². The van der Waals surface area contributed by atoms with E-state index >= 15 is 0 Å². The number of carbonyl (C=O) groups excluding carboxylic acids is 2. The lowest BCUT2D eigenvalue weighted by Gasteiger charge is -2.36. The maximum Gasteiger partial charge on any atom is 0.338 e. The summed E-state index contributed by atoms with van der Waals surface area (Å²) in [7, 11) is 5.37. The summed E-state index contributed by atoms with van der Waals surface area (Å²) in [6.07, 6.45) is 1.65. The normalized spacial score (nSPS) is 15.3. The van der Waals surface area contributed by atoms with E-state index in [1.165, 1.54) is 13.2 Å². The highest BCUT2D eigenvalue weighted by Gasteiger charge is 2.62. The van der Waals surface area contributed by atoms with Gasteiger partial charge < -0.3 is 14.5 Å². The summed E-state index contributed by atoms with van der Waals surface area (Å²) in [5, 5.41) is 2.93. The van der Waals surface area contributed by atoms with Gasteiger partial charge in [0.15, 0.2) is 11.2 Å². The van der Waals surface area contributed by atoms with Gasteiger partial charge in [-0.2, -0.15) is 0 Å². The Morgan fingerprint density at radius 1 is 1.38 bits per heavy atom. The van der Waals surface area contributed by atoms with Crippen molar-refractivity contribution in [3.63, 3.8) is 0 Å². The van der Waals surface area contributed by atoms with E-state index in [9.17, 15) is 9.59 Å². The lowest BCUT2D eigenvalue weighted by atomic mass is 10.0. The van der Waals surface area contributed by atoms with Gasteiger partial charge in [-0.25, -0.2) is 9.64 Å². The number of nitrogens with zero attached hydrogens (tertiary/aromatic N) is 2. The molecule has 1 aliphatic rings. The molecule has 24 heavy (non-hydrogen) atoms. The van der Waals surface area contributed by atoms with Crippen LogP contribution in [0, 0.1) is 13.5 Å². The van der Waals surface area contributed by atoms with Crippen molar-refractivity contribution in [3.05, 3.63) is 34.7 Å². The Kier molecular flexibility index (Phi) is 4.68. The molecular formula is C18H24N3O3+. The van der Waals surface area contributed by atoms with Gasteiger partial charge in [0.2, 0.25) is 0 Å². The number of benzene rings is 1. The number of esters is 1. The number of likely N-dealkylation sites (N-methyl/N-ethyl adjacent to an activating group) is 1. The lowest BCUT2D eigenvalue weighted by molar-refractivity contribution is -0.914. The van der Waals surface area contributed by atoms with Crippen LogP contribution in [-0.4, -0.2) is 49.6 Å². The fourth-order valence-corrected chi connectivity index (χ4v) is 3.03. The van der Waals surface area contributed by atoms with Crippen LogP contribution in [0.5, 0.6) is 0 Å². The Hall–Kier alpha value is -2.39. The number of quaternary nitrogens is 1. The van der Waals surface area contributed by atoms with Crippen LogP contribution < -0.4 is 5.32 Å². The number of aryl methyl sites for hydroxylation is 1. The molecule has 0 radical (unpaired) electrons. The molecule has 0 aromatic heterocycles. The zero-order valence-corrected chi connectivity index (χ0v) is 14.9. The average Bonchev–Trinajstić information content (AvgIpc) is 3.37. The number of amides is 1. The molecule has 0 unspecified atom stereocenters. The third kappa shape index (κ3) is 2.87. The van der Waals surface area contributed by atoms with Gasteiger partial charge in [0.05, 0.1) is 45.6 Å². The molecule has 6 nitrogen and oxygen atoms in total. The number of methoxy groups -OCH3 is 1. The Morgan fingerprint density at radius 2 is 2.00 bits per heavy atom. The van der Waals surface area contributed by atoms with Crippen molar-refractivity contribution in [1.82, 2.24) is 0 Å². The molecule has 1 aromatic rings. The van der Waals surface area contributed by atoms with Crippen molar-refractivity contribution in [2.45, 2.75) is 32.2 Å². The molecule has 0 bridgehead atoms. The molecule has 1 aliphatic carbocycles. The molecule has 0 spiro atoms. The molecule has 128 valence electrons. The van der Waals surface area contributed by atoms with Gasteiger partial charge in [-0.05, 0) is 25.5 Å². The Morgan fingerprint density at radius 3 is 2.46 bits per heavy atom. The molecule has 1 aromatic carbocycles. The van der Waals surface area contributed by atoms with Crippen molar-refractivity contribution in [1.29, 1.82) is 0 Å². The molecule has 6 heteroatoms. The fourth-order valence-electron chi connectivity index (χ4n) is 3.03. The van der Waals surface area contributed by atoms with E-state index in [4.69, 9.17) is 11.3 Å². The van der Waals surface area contributed by atoms with Crippen LogP contribution in [0.3, 0.4) is 0 Å².